The number of hydrogen-bond acceptors (Lipinski definition) is 6. The van der Waals surface area contributed by atoms with E-state index in [0.29, 0.717) is 25.1 Å². The molecule has 3 rings (SSSR count). The summed E-state index contributed by atoms with van der Waals surface area (Å²) in [7, 11) is 0. The molecule has 2 heterocycles. The lowest BCUT2D eigenvalue weighted by molar-refractivity contribution is -0.402. The number of fused-ring (bicyclic) bond motifs is 1. The van der Waals surface area contributed by atoms with Crippen LogP contribution >= 0.6 is 0 Å². The highest BCUT2D eigenvalue weighted by molar-refractivity contribution is 6.15. The molecule has 0 bridgehead atoms. The Morgan fingerprint density at radius 1 is 1.22 bits per heavy atom. The predicted molar refractivity (Wildman–Crippen MR) is 96.6 cm³/mol. The van der Waals surface area contributed by atoms with Crippen LogP contribution in [-0.4, -0.2) is 27.8 Å². The second-order valence-electron chi connectivity index (χ2n) is 5.89. The Balaban J connectivity index is 1.86. The number of esters is 1. The van der Waals surface area contributed by atoms with E-state index < -0.39 is 16.6 Å². The zero-order valence-electron chi connectivity index (χ0n) is 14.7. The fourth-order valence-corrected chi connectivity index (χ4v) is 2.92. The Hall–Kier alpha value is -3.42. The van der Waals surface area contributed by atoms with Gasteiger partial charge in [0.25, 0.3) is 0 Å². The highest BCUT2D eigenvalue weighted by Gasteiger charge is 2.22. The van der Waals surface area contributed by atoms with Gasteiger partial charge in [0.05, 0.1) is 18.2 Å². The predicted octanol–water partition coefficient (Wildman–Crippen LogP) is 3.72. The van der Waals surface area contributed by atoms with Gasteiger partial charge in [-0.1, -0.05) is 18.2 Å². The van der Waals surface area contributed by atoms with Gasteiger partial charge in [-0.05, 0) is 25.5 Å². The van der Waals surface area contributed by atoms with Crippen LogP contribution in [0.15, 0.2) is 47.0 Å². The number of benzene rings is 1. The number of hydrogen-bond donors (Lipinski definition) is 0. The number of para-hydroxylation sites is 1. The summed E-state index contributed by atoms with van der Waals surface area (Å²) in [6.07, 6.45) is 2.54. The fraction of sp³-hybridized carbons (Fsp3) is 0.263. The quantitative estimate of drug-likeness (QED) is 0.259. The first-order valence-corrected chi connectivity index (χ1v) is 8.53. The molecule has 140 valence electrons. The summed E-state index contributed by atoms with van der Waals surface area (Å²) in [5.74, 6) is -1.25. The number of rotatable bonds is 8. The lowest BCUT2D eigenvalue weighted by atomic mass is 10.1. The minimum absolute atomic E-state index is 0.0869. The van der Waals surface area contributed by atoms with E-state index in [0.717, 1.165) is 17.0 Å². The summed E-state index contributed by atoms with van der Waals surface area (Å²) in [6, 6.07) is 9.81. The van der Waals surface area contributed by atoms with E-state index in [9.17, 15) is 19.7 Å². The third-order valence-corrected chi connectivity index (χ3v) is 4.11. The average Bonchev–Trinajstić information content (AvgIpc) is 3.27. The minimum atomic E-state index is -0.685. The van der Waals surface area contributed by atoms with Crippen LogP contribution in [0.4, 0.5) is 5.88 Å². The van der Waals surface area contributed by atoms with Crippen molar-refractivity contribution in [3.8, 4) is 0 Å². The van der Waals surface area contributed by atoms with Crippen molar-refractivity contribution < 1.29 is 23.7 Å². The molecule has 3 aromatic rings. The number of ether oxygens (including phenoxy) is 1. The number of ketones is 1. The molecule has 0 atom stereocenters. The summed E-state index contributed by atoms with van der Waals surface area (Å²) in [5, 5.41) is 11.5. The van der Waals surface area contributed by atoms with E-state index in [-0.39, 0.29) is 18.2 Å². The number of aromatic nitrogens is 1. The molecule has 0 amide bonds. The van der Waals surface area contributed by atoms with Crippen molar-refractivity contribution in [2.24, 2.45) is 0 Å². The summed E-state index contributed by atoms with van der Waals surface area (Å²) < 4.78 is 11.8. The minimum Gasteiger partial charge on any atom is -0.466 e. The fourth-order valence-electron chi connectivity index (χ4n) is 2.92. The first-order valence-electron chi connectivity index (χ1n) is 8.53. The van der Waals surface area contributed by atoms with Crippen LogP contribution in [0.2, 0.25) is 0 Å². The topological polar surface area (TPSA) is 105 Å². The highest BCUT2D eigenvalue weighted by Crippen LogP contribution is 2.26. The van der Waals surface area contributed by atoms with Crippen LogP contribution in [0.5, 0.6) is 0 Å². The lowest BCUT2D eigenvalue weighted by Gasteiger charge is -2.05. The van der Waals surface area contributed by atoms with Gasteiger partial charge in [0, 0.05) is 30.1 Å². The Kier molecular flexibility index (Phi) is 5.35. The molecule has 0 radical (unpaired) electrons. The summed E-state index contributed by atoms with van der Waals surface area (Å²) in [4.78, 5) is 34.4. The molecule has 0 aliphatic heterocycles. The molecule has 27 heavy (non-hydrogen) atoms. The molecule has 0 aliphatic rings. The van der Waals surface area contributed by atoms with Crippen molar-refractivity contribution in [2.45, 2.75) is 26.3 Å². The summed E-state index contributed by atoms with van der Waals surface area (Å²) in [5.41, 5.74) is 1.23. The first-order chi connectivity index (χ1) is 13.0. The molecule has 0 saturated carbocycles. The molecule has 1 aromatic carbocycles. The summed E-state index contributed by atoms with van der Waals surface area (Å²) >= 11 is 0. The van der Waals surface area contributed by atoms with Crippen molar-refractivity contribution in [2.75, 3.05) is 6.61 Å². The Labute approximate surface area is 154 Å². The van der Waals surface area contributed by atoms with Gasteiger partial charge in [0.1, 0.15) is 4.92 Å². The molecular formula is C19H18N2O6. The van der Waals surface area contributed by atoms with Crippen molar-refractivity contribution in [3.05, 3.63) is 64.0 Å². The Morgan fingerprint density at radius 2 is 2.00 bits per heavy atom. The lowest BCUT2D eigenvalue weighted by Crippen LogP contribution is -2.06. The van der Waals surface area contributed by atoms with Gasteiger partial charge in [0.15, 0.2) is 5.76 Å². The molecule has 2 aromatic heterocycles. The van der Waals surface area contributed by atoms with Crippen LogP contribution in [0, 0.1) is 10.1 Å². The second kappa shape index (κ2) is 7.86. The van der Waals surface area contributed by atoms with Crippen LogP contribution in [0.25, 0.3) is 10.9 Å². The van der Waals surface area contributed by atoms with E-state index in [1.807, 2.05) is 28.8 Å². The van der Waals surface area contributed by atoms with Gasteiger partial charge in [-0.3, -0.25) is 19.7 Å². The molecule has 0 N–H and O–H groups in total. The van der Waals surface area contributed by atoms with E-state index in [2.05, 4.69) is 0 Å². The second-order valence-corrected chi connectivity index (χ2v) is 5.89. The van der Waals surface area contributed by atoms with Gasteiger partial charge in [-0.15, -0.1) is 0 Å². The molecular weight excluding hydrogens is 352 g/mol. The zero-order chi connectivity index (χ0) is 19.4. The van der Waals surface area contributed by atoms with Gasteiger partial charge >= 0.3 is 11.9 Å². The Morgan fingerprint density at radius 3 is 2.70 bits per heavy atom. The number of carbonyl (C=O) groups excluding carboxylic acids is 2. The zero-order valence-corrected chi connectivity index (χ0v) is 14.7. The van der Waals surface area contributed by atoms with Crippen molar-refractivity contribution in [3.63, 3.8) is 0 Å². The first kappa shape index (κ1) is 18.4. The van der Waals surface area contributed by atoms with Gasteiger partial charge < -0.3 is 13.7 Å². The van der Waals surface area contributed by atoms with Crippen LogP contribution in [0.1, 0.15) is 35.9 Å². The molecule has 0 fully saturated rings. The number of carbonyl (C=O) groups is 2. The van der Waals surface area contributed by atoms with Gasteiger partial charge in [-0.25, -0.2) is 0 Å². The molecule has 8 nitrogen and oxygen atoms in total. The molecule has 0 aliphatic carbocycles. The normalized spacial score (nSPS) is 10.9. The maximum absolute atomic E-state index is 12.8. The van der Waals surface area contributed by atoms with E-state index in [4.69, 9.17) is 9.15 Å². The molecule has 0 saturated heterocycles. The van der Waals surface area contributed by atoms with Crippen molar-refractivity contribution in [1.82, 2.24) is 4.57 Å². The van der Waals surface area contributed by atoms with Crippen molar-refractivity contribution >= 4 is 28.5 Å². The highest BCUT2D eigenvalue weighted by atomic mass is 16.6. The van der Waals surface area contributed by atoms with E-state index >= 15 is 0 Å². The Bertz CT molecular complexity index is 1000. The largest absolute Gasteiger partial charge is 0.466 e. The van der Waals surface area contributed by atoms with Crippen LogP contribution in [-0.2, 0) is 16.1 Å². The van der Waals surface area contributed by atoms with Gasteiger partial charge in [0.2, 0.25) is 5.78 Å². The third-order valence-electron chi connectivity index (χ3n) is 4.11. The summed E-state index contributed by atoms with van der Waals surface area (Å²) in [6.45, 7) is 2.64. The monoisotopic (exact) mass is 370 g/mol. The molecule has 8 heteroatoms. The number of furan rings is 1. The number of aryl methyl sites for hydroxylation is 1. The van der Waals surface area contributed by atoms with Crippen LogP contribution in [0.3, 0.4) is 0 Å². The van der Waals surface area contributed by atoms with E-state index in [1.165, 1.54) is 6.07 Å². The van der Waals surface area contributed by atoms with E-state index in [1.54, 1.807) is 13.1 Å². The van der Waals surface area contributed by atoms with Gasteiger partial charge in [-0.2, -0.15) is 0 Å². The number of nitro groups is 1. The molecule has 0 spiro atoms. The maximum Gasteiger partial charge on any atom is 0.433 e. The standard InChI is InChI=1S/C19H18N2O6/c1-2-26-18(22)8-5-11-20-12-14(13-6-3-4-7-15(13)20)19(23)16-9-10-17(27-16)21(24)25/h3-4,6-7,9-10,12H,2,5,8,11H2,1H3. The number of nitrogens with zero attached hydrogens (tertiary/aromatic N) is 2. The maximum atomic E-state index is 12.8. The third kappa shape index (κ3) is 3.89. The average molecular weight is 370 g/mol. The smallest absolute Gasteiger partial charge is 0.433 e. The van der Waals surface area contributed by atoms with Crippen molar-refractivity contribution in [1.29, 1.82) is 0 Å². The molecule has 0 unspecified atom stereocenters. The van der Waals surface area contributed by atoms with Crippen LogP contribution < -0.4 is 0 Å². The SMILES string of the molecule is CCOC(=O)CCCn1cc(C(=O)c2ccc([N+](=O)[O-])o2)c2ccccc21.